The molecule has 27 heavy (non-hydrogen) atoms. The van der Waals surface area contributed by atoms with Gasteiger partial charge in [0.25, 0.3) is 11.8 Å². The summed E-state index contributed by atoms with van der Waals surface area (Å²) in [5.41, 5.74) is 0.639. The molecule has 3 rings (SSSR count). The summed E-state index contributed by atoms with van der Waals surface area (Å²) in [7, 11) is 0. The lowest BCUT2D eigenvalue weighted by Gasteiger charge is -2.27. The van der Waals surface area contributed by atoms with Gasteiger partial charge in [0.05, 0.1) is 0 Å². The number of carbonyl (C=O) groups is 2. The molecule has 0 atom stereocenters. The lowest BCUT2D eigenvalue weighted by atomic mass is 10.1. The zero-order chi connectivity index (χ0) is 19.4. The summed E-state index contributed by atoms with van der Waals surface area (Å²) >= 11 is 10.9. The lowest BCUT2D eigenvalue weighted by molar-refractivity contribution is -0.128. The second kappa shape index (κ2) is 8.16. The van der Waals surface area contributed by atoms with Crippen molar-refractivity contribution in [1.29, 1.82) is 0 Å². The van der Waals surface area contributed by atoms with E-state index in [0.717, 1.165) is 0 Å². The Morgan fingerprint density at radius 1 is 1.15 bits per heavy atom. The molecule has 0 aromatic heterocycles. The molecule has 5 nitrogen and oxygen atoms in total. The van der Waals surface area contributed by atoms with Crippen molar-refractivity contribution in [2.24, 2.45) is 0 Å². The third-order valence-corrected chi connectivity index (χ3v) is 4.29. The van der Waals surface area contributed by atoms with Crippen molar-refractivity contribution in [1.82, 2.24) is 10.2 Å². The standard InChI is InChI=1S/C20H15ClN2O3S/c1-2-10-23-19(25)17(18(24)22-20(23)27)12-13-4-3-5-16(11-13)26-15-8-6-14(21)7-9-15/h2-9,11-12H,1,10H2,(H,22,24,27). The number of ether oxygens (including phenoxy) is 1. The van der Waals surface area contributed by atoms with Crippen molar-refractivity contribution in [3.8, 4) is 11.5 Å². The highest BCUT2D eigenvalue weighted by molar-refractivity contribution is 7.80. The fraction of sp³-hybridized carbons (Fsp3) is 0.0500. The summed E-state index contributed by atoms with van der Waals surface area (Å²) in [6, 6.07) is 14.0. The van der Waals surface area contributed by atoms with Gasteiger partial charge in [-0.3, -0.25) is 19.8 Å². The smallest absolute Gasteiger partial charge is 0.265 e. The Bertz CT molecular complexity index is 954. The number of hydrogen-bond acceptors (Lipinski definition) is 4. The molecule has 0 unspecified atom stereocenters. The van der Waals surface area contributed by atoms with E-state index in [4.69, 9.17) is 28.6 Å². The molecule has 2 aromatic rings. The van der Waals surface area contributed by atoms with Crippen LogP contribution in [-0.2, 0) is 9.59 Å². The van der Waals surface area contributed by atoms with E-state index in [1.807, 2.05) is 0 Å². The highest BCUT2D eigenvalue weighted by Gasteiger charge is 2.32. The quantitative estimate of drug-likeness (QED) is 0.358. The largest absolute Gasteiger partial charge is 0.457 e. The van der Waals surface area contributed by atoms with Crippen molar-refractivity contribution in [3.63, 3.8) is 0 Å². The molecule has 0 saturated carbocycles. The Hall–Kier alpha value is -2.96. The van der Waals surface area contributed by atoms with E-state index in [2.05, 4.69) is 11.9 Å². The van der Waals surface area contributed by atoms with Crippen LogP contribution in [0.15, 0.2) is 66.8 Å². The van der Waals surface area contributed by atoms with E-state index in [9.17, 15) is 9.59 Å². The Kier molecular flexibility index (Phi) is 5.69. The monoisotopic (exact) mass is 398 g/mol. The molecule has 1 aliphatic rings. The van der Waals surface area contributed by atoms with Gasteiger partial charge in [-0.1, -0.05) is 29.8 Å². The summed E-state index contributed by atoms with van der Waals surface area (Å²) in [4.78, 5) is 26.0. The van der Waals surface area contributed by atoms with Gasteiger partial charge in [-0.25, -0.2) is 0 Å². The van der Waals surface area contributed by atoms with Gasteiger partial charge in [-0.15, -0.1) is 6.58 Å². The van der Waals surface area contributed by atoms with Gasteiger partial charge >= 0.3 is 0 Å². The molecule has 0 aliphatic carbocycles. The zero-order valence-corrected chi connectivity index (χ0v) is 15.7. The maximum Gasteiger partial charge on any atom is 0.265 e. The van der Waals surface area contributed by atoms with Crippen LogP contribution in [0.25, 0.3) is 6.08 Å². The summed E-state index contributed by atoms with van der Waals surface area (Å²) in [5, 5.41) is 3.20. The van der Waals surface area contributed by atoms with E-state index in [1.54, 1.807) is 54.6 Å². The predicted octanol–water partition coefficient (Wildman–Crippen LogP) is 3.95. The molecule has 0 radical (unpaired) electrons. The van der Waals surface area contributed by atoms with Crippen LogP contribution >= 0.6 is 23.8 Å². The zero-order valence-electron chi connectivity index (χ0n) is 14.1. The van der Waals surface area contributed by atoms with Crippen molar-refractivity contribution >= 4 is 46.8 Å². The molecule has 0 spiro atoms. The van der Waals surface area contributed by atoms with Crippen LogP contribution in [0.5, 0.6) is 11.5 Å². The number of halogens is 1. The molecule has 2 aromatic carbocycles. The van der Waals surface area contributed by atoms with Crippen LogP contribution in [0.2, 0.25) is 5.02 Å². The molecule has 2 amide bonds. The minimum Gasteiger partial charge on any atom is -0.457 e. The molecule has 136 valence electrons. The SMILES string of the molecule is C=CCN1C(=O)C(=Cc2cccc(Oc3ccc(Cl)cc3)c2)C(=O)NC1=S. The summed E-state index contributed by atoms with van der Waals surface area (Å²) in [5.74, 6) is 0.189. The first-order valence-electron chi connectivity index (χ1n) is 8.01. The Labute approximate surface area is 166 Å². The van der Waals surface area contributed by atoms with Gasteiger partial charge in [-0.05, 0) is 60.3 Å². The van der Waals surface area contributed by atoms with Gasteiger partial charge in [0.15, 0.2) is 5.11 Å². The number of rotatable bonds is 5. The van der Waals surface area contributed by atoms with Crippen molar-refractivity contribution < 1.29 is 14.3 Å². The maximum atomic E-state index is 12.6. The molecule has 7 heteroatoms. The van der Waals surface area contributed by atoms with Crippen molar-refractivity contribution in [3.05, 3.63) is 77.3 Å². The van der Waals surface area contributed by atoms with E-state index < -0.39 is 11.8 Å². The van der Waals surface area contributed by atoms with Crippen LogP contribution < -0.4 is 10.1 Å². The summed E-state index contributed by atoms with van der Waals surface area (Å²) < 4.78 is 5.78. The first-order chi connectivity index (χ1) is 13.0. The highest BCUT2D eigenvalue weighted by atomic mass is 35.5. The average Bonchev–Trinajstić information content (AvgIpc) is 2.64. The number of nitrogens with one attached hydrogen (secondary N) is 1. The number of amides is 2. The molecule has 1 N–H and O–H groups in total. The van der Waals surface area contributed by atoms with Crippen LogP contribution in [0.3, 0.4) is 0 Å². The number of nitrogens with zero attached hydrogens (tertiary/aromatic N) is 1. The van der Waals surface area contributed by atoms with Crippen LogP contribution in [0, 0.1) is 0 Å². The summed E-state index contributed by atoms with van der Waals surface area (Å²) in [6.07, 6.45) is 3.05. The first-order valence-corrected chi connectivity index (χ1v) is 8.80. The maximum absolute atomic E-state index is 12.6. The normalized spacial score (nSPS) is 15.7. The fourth-order valence-electron chi connectivity index (χ4n) is 2.46. The molecule has 1 fully saturated rings. The highest BCUT2D eigenvalue weighted by Crippen LogP contribution is 2.25. The second-order valence-corrected chi connectivity index (χ2v) is 6.47. The van der Waals surface area contributed by atoms with Gasteiger partial charge in [0, 0.05) is 11.6 Å². The molecular formula is C20H15ClN2O3S. The predicted molar refractivity (Wildman–Crippen MR) is 109 cm³/mol. The minimum absolute atomic E-state index is 0.00547. The third kappa shape index (κ3) is 4.42. The lowest BCUT2D eigenvalue weighted by Crippen LogP contribution is -2.53. The molecule has 1 heterocycles. The molecular weight excluding hydrogens is 384 g/mol. The van der Waals surface area contributed by atoms with E-state index in [-0.39, 0.29) is 17.2 Å². The topological polar surface area (TPSA) is 58.6 Å². The number of carbonyl (C=O) groups excluding carboxylic acids is 2. The molecule has 1 saturated heterocycles. The number of benzene rings is 2. The van der Waals surface area contributed by atoms with E-state index >= 15 is 0 Å². The Morgan fingerprint density at radius 3 is 2.59 bits per heavy atom. The first kappa shape index (κ1) is 18.8. The van der Waals surface area contributed by atoms with Crippen LogP contribution in [0.1, 0.15) is 5.56 Å². The number of thiocarbonyl (C=S) groups is 1. The molecule has 0 bridgehead atoms. The fourth-order valence-corrected chi connectivity index (χ4v) is 2.84. The van der Waals surface area contributed by atoms with E-state index in [0.29, 0.717) is 22.1 Å². The van der Waals surface area contributed by atoms with Gasteiger partial charge in [0.1, 0.15) is 17.1 Å². The Morgan fingerprint density at radius 2 is 1.89 bits per heavy atom. The second-order valence-electron chi connectivity index (χ2n) is 5.65. The average molecular weight is 399 g/mol. The molecule has 1 aliphatic heterocycles. The van der Waals surface area contributed by atoms with Crippen LogP contribution in [0.4, 0.5) is 0 Å². The van der Waals surface area contributed by atoms with Crippen molar-refractivity contribution in [2.45, 2.75) is 0 Å². The minimum atomic E-state index is -0.533. The van der Waals surface area contributed by atoms with Gasteiger partial charge in [-0.2, -0.15) is 0 Å². The van der Waals surface area contributed by atoms with E-state index in [1.165, 1.54) is 11.0 Å². The van der Waals surface area contributed by atoms with Crippen molar-refractivity contribution in [2.75, 3.05) is 6.54 Å². The Balaban J connectivity index is 1.86. The third-order valence-electron chi connectivity index (χ3n) is 3.72. The number of hydrogen-bond donors (Lipinski definition) is 1. The van der Waals surface area contributed by atoms with Crippen LogP contribution in [-0.4, -0.2) is 28.4 Å². The summed E-state index contributed by atoms with van der Waals surface area (Å²) in [6.45, 7) is 3.82. The van der Waals surface area contributed by atoms with Gasteiger partial charge < -0.3 is 4.74 Å². The van der Waals surface area contributed by atoms with Gasteiger partial charge in [0.2, 0.25) is 0 Å².